The van der Waals surface area contributed by atoms with Crippen LogP contribution in [0.2, 0.25) is 0 Å². The molecule has 1 N–H and O–H groups in total. The fraction of sp³-hybridized carbons (Fsp3) is 0.294. The normalized spacial score (nSPS) is 10.8. The summed E-state index contributed by atoms with van der Waals surface area (Å²) < 4.78 is 14.5. The van der Waals surface area contributed by atoms with Gasteiger partial charge >= 0.3 is 0 Å². The Balaban J connectivity index is 1.88. The largest absolute Gasteiger partial charge is 0.313 e. The van der Waals surface area contributed by atoms with Gasteiger partial charge in [-0.2, -0.15) is 0 Å². The highest BCUT2D eigenvalue weighted by molar-refractivity contribution is 9.10. The minimum absolute atomic E-state index is 0.155. The highest BCUT2D eigenvalue weighted by atomic mass is 79.9. The molecular weight excluding hydrogens is 349 g/mol. The van der Waals surface area contributed by atoms with Crippen LogP contribution >= 0.6 is 27.7 Å². The summed E-state index contributed by atoms with van der Waals surface area (Å²) in [6, 6.07) is 13.7. The summed E-state index contributed by atoms with van der Waals surface area (Å²) in [6.45, 7) is 4.10. The fourth-order valence-electron chi connectivity index (χ4n) is 1.91. The lowest BCUT2D eigenvalue weighted by Gasteiger charge is -2.06. The predicted octanol–water partition coefficient (Wildman–Crippen LogP) is 5.38. The van der Waals surface area contributed by atoms with E-state index in [1.165, 1.54) is 11.6 Å². The zero-order valence-corrected chi connectivity index (χ0v) is 14.4. The number of benzene rings is 2. The van der Waals surface area contributed by atoms with Gasteiger partial charge in [0, 0.05) is 21.7 Å². The first-order valence-corrected chi connectivity index (χ1v) is 8.83. The number of halogens is 2. The smallest absolute Gasteiger partial charge is 0.128 e. The van der Waals surface area contributed by atoms with Crippen molar-refractivity contribution in [2.24, 2.45) is 0 Å². The van der Waals surface area contributed by atoms with Gasteiger partial charge in [0.1, 0.15) is 5.82 Å². The van der Waals surface area contributed by atoms with Crippen LogP contribution in [0.3, 0.4) is 0 Å². The van der Waals surface area contributed by atoms with E-state index in [2.05, 4.69) is 52.4 Å². The van der Waals surface area contributed by atoms with E-state index in [1.807, 2.05) is 12.1 Å². The van der Waals surface area contributed by atoms with Crippen LogP contribution in [0.4, 0.5) is 4.39 Å². The Hall–Kier alpha value is -0.840. The van der Waals surface area contributed by atoms with Crippen molar-refractivity contribution in [1.82, 2.24) is 5.32 Å². The van der Waals surface area contributed by atoms with E-state index in [4.69, 9.17) is 0 Å². The maximum atomic E-state index is 13.7. The van der Waals surface area contributed by atoms with Gasteiger partial charge in [-0.1, -0.05) is 41.1 Å². The molecule has 0 bridgehead atoms. The Morgan fingerprint density at radius 1 is 1.14 bits per heavy atom. The van der Waals surface area contributed by atoms with Crippen molar-refractivity contribution in [2.75, 3.05) is 6.54 Å². The molecule has 2 aromatic rings. The molecule has 0 spiro atoms. The van der Waals surface area contributed by atoms with Gasteiger partial charge in [0.15, 0.2) is 0 Å². The number of nitrogens with one attached hydrogen (secondary N) is 1. The predicted molar refractivity (Wildman–Crippen MR) is 92.1 cm³/mol. The van der Waals surface area contributed by atoms with Gasteiger partial charge in [0.2, 0.25) is 0 Å². The molecule has 0 aliphatic carbocycles. The lowest BCUT2D eigenvalue weighted by Crippen LogP contribution is -2.13. The molecule has 0 unspecified atom stereocenters. The van der Waals surface area contributed by atoms with Gasteiger partial charge in [-0.05, 0) is 48.4 Å². The van der Waals surface area contributed by atoms with Crippen LogP contribution in [0.25, 0.3) is 0 Å². The van der Waals surface area contributed by atoms with E-state index in [0.717, 1.165) is 34.4 Å². The van der Waals surface area contributed by atoms with E-state index in [0.29, 0.717) is 5.75 Å². The third-order valence-electron chi connectivity index (χ3n) is 3.09. The van der Waals surface area contributed by atoms with Crippen LogP contribution in [0.5, 0.6) is 0 Å². The van der Waals surface area contributed by atoms with Crippen molar-refractivity contribution in [1.29, 1.82) is 0 Å². The van der Waals surface area contributed by atoms with Crippen molar-refractivity contribution in [3.8, 4) is 0 Å². The van der Waals surface area contributed by atoms with Gasteiger partial charge in [-0.15, -0.1) is 11.8 Å². The van der Waals surface area contributed by atoms with Crippen molar-refractivity contribution >= 4 is 27.7 Å². The lowest BCUT2D eigenvalue weighted by atomic mass is 10.2. The Kier molecular flexibility index (Phi) is 6.74. The molecule has 0 saturated carbocycles. The topological polar surface area (TPSA) is 12.0 Å². The van der Waals surface area contributed by atoms with Gasteiger partial charge in [-0.25, -0.2) is 4.39 Å². The molecule has 1 nitrogen and oxygen atoms in total. The third-order valence-corrected chi connectivity index (χ3v) is 4.64. The van der Waals surface area contributed by atoms with Crippen LogP contribution in [-0.2, 0) is 12.3 Å². The molecule has 0 aliphatic rings. The van der Waals surface area contributed by atoms with Crippen LogP contribution in [-0.4, -0.2) is 6.54 Å². The molecule has 0 radical (unpaired) electrons. The van der Waals surface area contributed by atoms with Crippen molar-refractivity contribution in [3.63, 3.8) is 0 Å². The second-order valence-corrected chi connectivity index (χ2v) is 6.81. The van der Waals surface area contributed by atoms with Crippen molar-refractivity contribution in [3.05, 3.63) is 63.9 Å². The zero-order valence-electron chi connectivity index (χ0n) is 12.0. The number of hydrogen-bond acceptors (Lipinski definition) is 2. The second kappa shape index (κ2) is 8.57. The number of rotatable bonds is 7. The molecule has 0 saturated heterocycles. The molecule has 4 heteroatoms. The summed E-state index contributed by atoms with van der Waals surface area (Å²) in [6.07, 6.45) is 1.15. The minimum Gasteiger partial charge on any atom is -0.313 e. The first-order chi connectivity index (χ1) is 10.2. The summed E-state index contributed by atoms with van der Waals surface area (Å²) in [7, 11) is 0. The van der Waals surface area contributed by atoms with Crippen LogP contribution < -0.4 is 5.32 Å². The van der Waals surface area contributed by atoms with Crippen LogP contribution in [0.15, 0.2) is 51.8 Å². The van der Waals surface area contributed by atoms with Gasteiger partial charge in [0.05, 0.1) is 0 Å². The maximum absolute atomic E-state index is 13.7. The maximum Gasteiger partial charge on any atom is 0.128 e. The molecule has 0 heterocycles. The highest BCUT2D eigenvalue weighted by Crippen LogP contribution is 2.25. The minimum atomic E-state index is -0.155. The van der Waals surface area contributed by atoms with Crippen molar-refractivity contribution < 1.29 is 4.39 Å². The molecule has 2 rings (SSSR count). The van der Waals surface area contributed by atoms with E-state index < -0.39 is 0 Å². The summed E-state index contributed by atoms with van der Waals surface area (Å²) in [4.78, 5) is 1.16. The molecule has 0 amide bonds. The van der Waals surface area contributed by atoms with Gasteiger partial charge in [-0.3, -0.25) is 0 Å². The standard InChI is InChI=1S/C17H19BrFNS/c1-2-9-20-11-13-3-7-16(8-4-13)21-12-14-5-6-15(18)10-17(14)19/h3-8,10,20H,2,9,11-12H2,1H3. The Morgan fingerprint density at radius 3 is 2.57 bits per heavy atom. The molecule has 112 valence electrons. The Morgan fingerprint density at radius 2 is 1.90 bits per heavy atom. The lowest BCUT2D eigenvalue weighted by molar-refractivity contribution is 0.616. The van der Waals surface area contributed by atoms with E-state index >= 15 is 0 Å². The quantitative estimate of drug-likeness (QED) is 0.520. The molecule has 0 aromatic heterocycles. The highest BCUT2D eigenvalue weighted by Gasteiger charge is 2.04. The molecule has 0 fully saturated rings. The Labute approximate surface area is 138 Å². The fourth-order valence-corrected chi connectivity index (χ4v) is 3.13. The van der Waals surface area contributed by atoms with E-state index in [1.54, 1.807) is 11.8 Å². The van der Waals surface area contributed by atoms with Crippen LogP contribution in [0.1, 0.15) is 24.5 Å². The van der Waals surface area contributed by atoms with Crippen molar-refractivity contribution in [2.45, 2.75) is 30.5 Å². The average molecular weight is 368 g/mol. The second-order valence-electron chi connectivity index (χ2n) is 4.85. The SMILES string of the molecule is CCCNCc1ccc(SCc2ccc(Br)cc2F)cc1. The number of hydrogen-bond donors (Lipinski definition) is 1. The summed E-state index contributed by atoms with van der Waals surface area (Å²) >= 11 is 4.93. The average Bonchev–Trinajstić information content (AvgIpc) is 2.48. The van der Waals surface area contributed by atoms with E-state index in [9.17, 15) is 4.39 Å². The zero-order chi connectivity index (χ0) is 15.1. The molecule has 0 aliphatic heterocycles. The molecular formula is C17H19BrFNS. The van der Waals surface area contributed by atoms with Crippen LogP contribution in [0, 0.1) is 5.82 Å². The first kappa shape index (κ1) is 16.5. The summed E-state index contributed by atoms with van der Waals surface area (Å²) in [5.74, 6) is 0.490. The summed E-state index contributed by atoms with van der Waals surface area (Å²) in [5.41, 5.74) is 2.01. The monoisotopic (exact) mass is 367 g/mol. The molecule has 2 aromatic carbocycles. The van der Waals surface area contributed by atoms with Gasteiger partial charge in [0.25, 0.3) is 0 Å². The third kappa shape index (κ3) is 5.46. The van der Waals surface area contributed by atoms with Gasteiger partial charge < -0.3 is 5.32 Å². The van der Waals surface area contributed by atoms with E-state index in [-0.39, 0.29) is 5.82 Å². The number of thioether (sulfide) groups is 1. The summed E-state index contributed by atoms with van der Waals surface area (Å²) in [5, 5.41) is 3.38. The first-order valence-electron chi connectivity index (χ1n) is 7.05. The Bertz CT molecular complexity index is 572. The molecule has 0 atom stereocenters. The molecule has 21 heavy (non-hydrogen) atoms.